The summed E-state index contributed by atoms with van der Waals surface area (Å²) in [6.45, 7) is 7.85. The molecule has 1 atom stereocenters. The number of nitrogens with one attached hydrogen (secondary N) is 1. The molecule has 2 rings (SSSR count). The number of anilines is 1. The van der Waals surface area contributed by atoms with E-state index in [4.69, 9.17) is 4.98 Å². The fraction of sp³-hybridized carbons (Fsp3) is 0.769. The highest BCUT2D eigenvalue weighted by Crippen LogP contribution is 2.44. The average Bonchev–Trinajstić information content (AvgIpc) is 2.68. The van der Waals surface area contributed by atoms with Crippen LogP contribution in [-0.4, -0.2) is 25.6 Å². The van der Waals surface area contributed by atoms with Crippen LogP contribution in [0.3, 0.4) is 0 Å². The van der Waals surface area contributed by atoms with Crippen LogP contribution in [0.2, 0.25) is 0 Å². The Labute approximate surface area is 108 Å². The number of rotatable bonds is 3. The van der Waals surface area contributed by atoms with Crippen molar-refractivity contribution in [2.75, 3.05) is 25.5 Å². The van der Waals surface area contributed by atoms with Crippen molar-refractivity contribution in [3.63, 3.8) is 0 Å². The van der Waals surface area contributed by atoms with Crippen LogP contribution in [0.25, 0.3) is 0 Å². The molecular weight excluding hydrogens is 230 g/mol. The van der Waals surface area contributed by atoms with Gasteiger partial charge >= 0.3 is 0 Å². The lowest BCUT2D eigenvalue weighted by Gasteiger charge is -2.34. The zero-order valence-electron chi connectivity index (χ0n) is 11.5. The molecule has 0 aromatic carbocycles. The second-order valence-electron chi connectivity index (χ2n) is 5.71. The summed E-state index contributed by atoms with van der Waals surface area (Å²) < 4.78 is 0. The maximum Gasteiger partial charge on any atom is 0.185 e. The second-order valence-corrected chi connectivity index (χ2v) is 6.72. The molecule has 0 aliphatic heterocycles. The minimum atomic E-state index is 0.358. The summed E-state index contributed by atoms with van der Waals surface area (Å²) in [5, 5.41) is 4.60. The van der Waals surface area contributed by atoms with Gasteiger partial charge in [-0.05, 0) is 32.2 Å². The molecule has 17 heavy (non-hydrogen) atoms. The van der Waals surface area contributed by atoms with Gasteiger partial charge in [0.1, 0.15) is 0 Å². The van der Waals surface area contributed by atoms with Crippen LogP contribution < -0.4 is 10.2 Å². The molecule has 0 amide bonds. The van der Waals surface area contributed by atoms with Crippen molar-refractivity contribution >= 4 is 16.5 Å². The van der Waals surface area contributed by atoms with E-state index in [1.165, 1.54) is 17.0 Å². The predicted molar refractivity (Wildman–Crippen MR) is 75.0 cm³/mol. The van der Waals surface area contributed by atoms with Crippen LogP contribution in [0.4, 0.5) is 5.13 Å². The number of hydrogen-bond acceptors (Lipinski definition) is 4. The molecule has 1 aromatic heterocycles. The Morgan fingerprint density at radius 1 is 1.53 bits per heavy atom. The number of fused-ring (bicyclic) bond motifs is 1. The molecule has 1 heterocycles. The van der Waals surface area contributed by atoms with E-state index in [1.807, 2.05) is 11.3 Å². The predicted octanol–water partition coefficient (Wildman–Crippen LogP) is 2.83. The van der Waals surface area contributed by atoms with Crippen molar-refractivity contribution in [2.24, 2.45) is 5.41 Å². The van der Waals surface area contributed by atoms with Gasteiger partial charge in [0, 0.05) is 24.5 Å². The Hall–Kier alpha value is -0.610. The Morgan fingerprint density at radius 2 is 2.24 bits per heavy atom. The third kappa shape index (κ3) is 2.47. The fourth-order valence-corrected chi connectivity index (χ4v) is 3.67. The summed E-state index contributed by atoms with van der Waals surface area (Å²) in [6, 6.07) is 0.477. The second kappa shape index (κ2) is 4.58. The lowest BCUT2D eigenvalue weighted by atomic mass is 9.76. The maximum absolute atomic E-state index is 4.82. The Morgan fingerprint density at radius 3 is 2.82 bits per heavy atom. The van der Waals surface area contributed by atoms with Crippen LogP contribution in [0.1, 0.15) is 43.8 Å². The van der Waals surface area contributed by atoms with Crippen molar-refractivity contribution in [2.45, 2.75) is 39.7 Å². The van der Waals surface area contributed by atoms with Gasteiger partial charge in [-0.1, -0.05) is 25.2 Å². The molecule has 4 heteroatoms. The van der Waals surface area contributed by atoms with Crippen LogP contribution in [-0.2, 0) is 6.42 Å². The molecule has 1 N–H and O–H groups in total. The molecular formula is C13H23N3S. The van der Waals surface area contributed by atoms with Gasteiger partial charge in [-0.2, -0.15) is 0 Å². The number of hydrogen-bond donors (Lipinski definition) is 1. The van der Waals surface area contributed by atoms with E-state index in [9.17, 15) is 0 Å². The van der Waals surface area contributed by atoms with Crippen molar-refractivity contribution in [3.8, 4) is 0 Å². The molecule has 0 radical (unpaired) electrons. The number of thiazole rings is 1. The first-order valence-corrected chi connectivity index (χ1v) is 7.16. The molecule has 0 saturated heterocycles. The molecule has 1 unspecified atom stereocenters. The van der Waals surface area contributed by atoms with Gasteiger partial charge in [-0.25, -0.2) is 4.98 Å². The normalized spacial score (nSPS) is 22.3. The smallest absolute Gasteiger partial charge is 0.185 e. The lowest BCUT2D eigenvalue weighted by Crippen LogP contribution is -2.30. The highest BCUT2D eigenvalue weighted by molar-refractivity contribution is 7.15. The van der Waals surface area contributed by atoms with Crippen LogP contribution in [0.15, 0.2) is 0 Å². The van der Waals surface area contributed by atoms with Gasteiger partial charge in [0.05, 0.1) is 5.69 Å². The summed E-state index contributed by atoms with van der Waals surface area (Å²) >= 11 is 1.85. The highest BCUT2D eigenvalue weighted by Gasteiger charge is 2.34. The summed E-state index contributed by atoms with van der Waals surface area (Å²) in [5.74, 6) is 0. The Kier molecular flexibility index (Phi) is 3.46. The van der Waals surface area contributed by atoms with Gasteiger partial charge < -0.3 is 10.2 Å². The lowest BCUT2D eigenvalue weighted by molar-refractivity contribution is 0.265. The molecule has 0 fully saturated rings. The van der Waals surface area contributed by atoms with E-state index in [1.54, 1.807) is 0 Å². The monoisotopic (exact) mass is 253 g/mol. The highest BCUT2D eigenvalue weighted by atomic mass is 32.1. The minimum Gasteiger partial charge on any atom is -0.351 e. The topological polar surface area (TPSA) is 28.2 Å². The maximum atomic E-state index is 4.82. The zero-order valence-corrected chi connectivity index (χ0v) is 12.3. The van der Waals surface area contributed by atoms with Gasteiger partial charge in [-0.3, -0.25) is 0 Å². The van der Waals surface area contributed by atoms with E-state index in [2.05, 4.69) is 45.1 Å². The fourth-order valence-electron chi connectivity index (χ4n) is 2.45. The summed E-state index contributed by atoms with van der Waals surface area (Å²) in [5.41, 5.74) is 1.66. The minimum absolute atomic E-state index is 0.358. The first-order valence-electron chi connectivity index (χ1n) is 6.35. The molecule has 1 aliphatic rings. The van der Waals surface area contributed by atoms with Gasteiger partial charge in [-0.15, -0.1) is 0 Å². The third-order valence-corrected chi connectivity index (χ3v) is 4.91. The first-order chi connectivity index (χ1) is 7.96. The van der Waals surface area contributed by atoms with Crippen molar-refractivity contribution < 1.29 is 0 Å². The van der Waals surface area contributed by atoms with Gasteiger partial charge in [0.15, 0.2) is 5.13 Å². The summed E-state index contributed by atoms with van der Waals surface area (Å²) in [7, 11) is 4.17. The number of aromatic nitrogens is 1. The third-order valence-electron chi connectivity index (χ3n) is 3.58. The van der Waals surface area contributed by atoms with E-state index in [0.29, 0.717) is 11.5 Å². The van der Waals surface area contributed by atoms with E-state index in [-0.39, 0.29) is 0 Å². The standard InChI is InChI=1S/C13H23N3S/c1-6-16(5)12-15-10-8-13(2,3)7-9(14-4)11(10)17-12/h9,14H,6-8H2,1-5H3. The van der Waals surface area contributed by atoms with Crippen molar-refractivity contribution in [1.82, 2.24) is 10.3 Å². The summed E-state index contributed by atoms with van der Waals surface area (Å²) in [4.78, 5) is 8.49. The molecule has 0 saturated carbocycles. The number of nitrogens with zero attached hydrogens (tertiary/aromatic N) is 2. The molecule has 3 nitrogen and oxygen atoms in total. The molecule has 1 aromatic rings. The average molecular weight is 253 g/mol. The largest absolute Gasteiger partial charge is 0.351 e. The van der Waals surface area contributed by atoms with E-state index in [0.717, 1.165) is 18.1 Å². The van der Waals surface area contributed by atoms with E-state index < -0.39 is 0 Å². The van der Waals surface area contributed by atoms with Crippen LogP contribution >= 0.6 is 11.3 Å². The molecule has 0 bridgehead atoms. The molecule has 1 aliphatic carbocycles. The molecule has 96 valence electrons. The van der Waals surface area contributed by atoms with Gasteiger partial charge in [0.25, 0.3) is 0 Å². The van der Waals surface area contributed by atoms with Crippen molar-refractivity contribution in [3.05, 3.63) is 10.6 Å². The summed E-state index contributed by atoms with van der Waals surface area (Å²) in [6.07, 6.45) is 2.31. The van der Waals surface area contributed by atoms with Crippen LogP contribution in [0.5, 0.6) is 0 Å². The Balaban J connectivity index is 2.35. The molecule has 0 spiro atoms. The zero-order chi connectivity index (χ0) is 12.6. The van der Waals surface area contributed by atoms with Crippen molar-refractivity contribution in [1.29, 1.82) is 0 Å². The quantitative estimate of drug-likeness (QED) is 0.898. The Bertz CT molecular complexity index is 397. The van der Waals surface area contributed by atoms with Gasteiger partial charge in [0.2, 0.25) is 0 Å². The first kappa shape index (κ1) is 12.8. The van der Waals surface area contributed by atoms with E-state index >= 15 is 0 Å². The SMILES string of the molecule is CCN(C)c1nc2c(s1)C(NC)CC(C)(C)C2. The van der Waals surface area contributed by atoms with Crippen LogP contribution in [0, 0.1) is 5.41 Å².